The van der Waals surface area contributed by atoms with Gasteiger partial charge in [-0.05, 0) is 39.0 Å². The minimum Gasteiger partial charge on any atom is -0.289 e. The number of anilines is 1. The third-order valence-electron chi connectivity index (χ3n) is 4.27. The molecule has 8 nitrogen and oxygen atoms in total. The number of aromatic nitrogens is 6. The van der Waals surface area contributed by atoms with E-state index in [2.05, 4.69) is 30.6 Å². The van der Waals surface area contributed by atoms with Crippen molar-refractivity contribution in [3.8, 4) is 11.4 Å². The summed E-state index contributed by atoms with van der Waals surface area (Å²) in [5.74, 6) is 0.312. The molecule has 142 valence electrons. The molecule has 0 aliphatic heterocycles. The van der Waals surface area contributed by atoms with Gasteiger partial charge in [-0.2, -0.15) is 10.1 Å². The van der Waals surface area contributed by atoms with Crippen molar-refractivity contribution in [3.63, 3.8) is 0 Å². The lowest BCUT2D eigenvalue weighted by Crippen LogP contribution is -2.14. The number of aromatic amines is 1. The van der Waals surface area contributed by atoms with Gasteiger partial charge in [-0.25, -0.2) is 9.67 Å². The fourth-order valence-corrected chi connectivity index (χ4v) is 3.19. The Morgan fingerprint density at radius 2 is 2.04 bits per heavy atom. The molecule has 0 radical (unpaired) electrons. The Labute approximate surface area is 166 Å². The van der Waals surface area contributed by atoms with E-state index in [4.69, 9.17) is 11.6 Å². The number of hydrogen-bond acceptors (Lipinski definition) is 5. The Bertz CT molecular complexity index is 1180. The zero-order valence-corrected chi connectivity index (χ0v) is 16.3. The maximum Gasteiger partial charge on any atom is 0.258 e. The molecule has 1 amide bonds. The SMILES string of the molecule is Cc1cc(C(=O)Nc2n[nH]c(-c3ccccc3Cl)n2)c2cnn(C(C)C)c2n1. The minimum atomic E-state index is -0.330. The normalized spacial score (nSPS) is 11.3. The number of nitrogens with zero attached hydrogens (tertiary/aromatic N) is 5. The van der Waals surface area contributed by atoms with Gasteiger partial charge in [-0.3, -0.25) is 15.2 Å². The van der Waals surface area contributed by atoms with E-state index in [1.165, 1.54) is 0 Å². The molecule has 4 rings (SSSR count). The second kappa shape index (κ2) is 7.05. The molecule has 1 aromatic carbocycles. The number of carbonyl (C=O) groups is 1. The van der Waals surface area contributed by atoms with Crippen molar-refractivity contribution in [1.29, 1.82) is 0 Å². The van der Waals surface area contributed by atoms with Crippen LogP contribution < -0.4 is 5.32 Å². The number of pyridine rings is 1. The number of carbonyl (C=O) groups excluding carboxylic acids is 1. The van der Waals surface area contributed by atoms with Gasteiger partial charge in [-0.15, -0.1) is 5.10 Å². The summed E-state index contributed by atoms with van der Waals surface area (Å²) in [6.07, 6.45) is 1.66. The monoisotopic (exact) mass is 395 g/mol. The second-order valence-corrected chi connectivity index (χ2v) is 7.08. The minimum absolute atomic E-state index is 0.133. The predicted molar refractivity (Wildman–Crippen MR) is 107 cm³/mol. The number of benzene rings is 1. The van der Waals surface area contributed by atoms with E-state index in [-0.39, 0.29) is 17.9 Å². The zero-order chi connectivity index (χ0) is 19.8. The third kappa shape index (κ3) is 3.22. The van der Waals surface area contributed by atoms with Gasteiger partial charge in [0, 0.05) is 17.3 Å². The number of aryl methyl sites for hydroxylation is 1. The molecule has 0 saturated carbocycles. The lowest BCUT2D eigenvalue weighted by atomic mass is 10.1. The molecule has 2 N–H and O–H groups in total. The Morgan fingerprint density at radius 1 is 1.25 bits per heavy atom. The first-order valence-corrected chi connectivity index (χ1v) is 9.15. The molecule has 0 fully saturated rings. The first-order valence-electron chi connectivity index (χ1n) is 8.77. The Morgan fingerprint density at radius 3 is 2.79 bits per heavy atom. The Balaban J connectivity index is 1.66. The topological polar surface area (TPSA) is 101 Å². The van der Waals surface area contributed by atoms with Gasteiger partial charge >= 0.3 is 0 Å². The van der Waals surface area contributed by atoms with Gasteiger partial charge in [0.1, 0.15) is 0 Å². The van der Waals surface area contributed by atoms with Gasteiger partial charge in [-0.1, -0.05) is 23.7 Å². The zero-order valence-electron chi connectivity index (χ0n) is 15.6. The highest BCUT2D eigenvalue weighted by Crippen LogP contribution is 2.25. The predicted octanol–water partition coefficient (Wildman–Crippen LogP) is 4.01. The highest BCUT2D eigenvalue weighted by atomic mass is 35.5. The first-order chi connectivity index (χ1) is 13.4. The van der Waals surface area contributed by atoms with Crippen molar-refractivity contribution in [2.24, 2.45) is 0 Å². The molecule has 0 saturated heterocycles. The highest BCUT2D eigenvalue weighted by molar-refractivity contribution is 6.33. The standard InChI is InChI=1S/C19H18ClN7O/c1-10(2)27-17-14(9-21-27)13(8-11(3)22-17)18(28)24-19-23-16(25-26-19)12-6-4-5-7-15(12)20/h4-10H,1-3H3,(H2,23,24,25,26,28). The number of fused-ring (bicyclic) bond motifs is 1. The Kier molecular flexibility index (Phi) is 4.56. The summed E-state index contributed by atoms with van der Waals surface area (Å²) in [7, 11) is 0. The van der Waals surface area contributed by atoms with E-state index in [0.717, 1.165) is 5.69 Å². The van der Waals surface area contributed by atoms with Crippen LogP contribution in [0, 0.1) is 6.92 Å². The summed E-state index contributed by atoms with van der Waals surface area (Å²) < 4.78 is 1.79. The second-order valence-electron chi connectivity index (χ2n) is 6.67. The molecule has 4 aromatic rings. The molecule has 3 aromatic heterocycles. The third-order valence-corrected chi connectivity index (χ3v) is 4.60. The molecular formula is C19H18ClN7O. The molecule has 3 heterocycles. The van der Waals surface area contributed by atoms with Gasteiger partial charge in [0.2, 0.25) is 5.95 Å². The lowest BCUT2D eigenvalue weighted by Gasteiger charge is -2.08. The molecule has 28 heavy (non-hydrogen) atoms. The van der Waals surface area contributed by atoms with Crippen LogP contribution >= 0.6 is 11.6 Å². The van der Waals surface area contributed by atoms with E-state index in [0.29, 0.717) is 33.0 Å². The van der Waals surface area contributed by atoms with Crippen LogP contribution in [-0.2, 0) is 0 Å². The highest BCUT2D eigenvalue weighted by Gasteiger charge is 2.18. The number of nitrogens with one attached hydrogen (secondary N) is 2. The van der Waals surface area contributed by atoms with Crippen LogP contribution in [0.4, 0.5) is 5.95 Å². The van der Waals surface area contributed by atoms with Crippen LogP contribution in [0.3, 0.4) is 0 Å². The molecule has 0 bridgehead atoms. The summed E-state index contributed by atoms with van der Waals surface area (Å²) in [6.45, 7) is 5.87. The summed E-state index contributed by atoms with van der Waals surface area (Å²) in [6, 6.07) is 9.13. The quantitative estimate of drug-likeness (QED) is 0.543. The van der Waals surface area contributed by atoms with Gasteiger partial charge < -0.3 is 0 Å². The average molecular weight is 396 g/mol. The summed E-state index contributed by atoms with van der Waals surface area (Å²) in [5, 5.41) is 15.2. The van der Waals surface area contributed by atoms with Crippen molar-refractivity contribution < 1.29 is 4.79 Å². The first kappa shape index (κ1) is 18.1. The van der Waals surface area contributed by atoms with Crippen LogP contribution in [0.5, 0.6) is 0 Å². The smallest absolute Gasteiger partial charge is 0.258 e. The number of amides is 1. The van der Waals surface area contributed by atoms with Crippen LogP contribution in [0.1, 0.15) is 35.9 Å². The summed E-state index contributed by atoms with van der Waals surface area (Å²) >= 11 is 6.19. The van der Waals surface area contributed by atoms with E-state index in [1.54, 1.807) is 23.0 Å². The van der Waals surface area contributed by atoms with Crippen LogP contribution in [0.25, 0.3) is 22.4 Å². The molecule has 0 unspecified atom stereocenters. The number of hydrogen-bond donors (Lipinski definition) is 2. The lowest BCUT2D eigenvalue weighted by molar-refractivity contribution is 0.102. The summed E-state index contributed by atoms with van der Waals surface area (Å²) in [4.78, 5) is 21.7. The Hall–Kier alpha value is -3.26. The fraction of sp³-hybridized carbons (Fsp3) is 0.211. The van der Waals surface area contributed by atoms with E-state index in [1.807, 2.05) is 39.0 Å². The van der Waals surface area contributed by atoms with Crippen molar-refractivity contribution in [1.82, 2.24) is 29.9 Å². The maximum absolute atomic E-state index is 12.9. The molecule has 0 aliphatic carbocycles. The van der Waals surface area contributed by atoms with Crippen molar-refractivity contribution >= 4 is 34.5 Å². The van der Waals surface area contributed by atoms with E-state index < -0.39 is 0 Å². The van der Waals surface area contributed by atoms with Crippen molar-refractivity contribution in [2.45, 2.75) is 26.8 Å². The van der Waals surface area contributed by atoms with Crippen LogP contribution in [0.15, 0.2) is 36.5 Å². The summed E-state index contributed by atoms with van der Waals surface area (Å²) in [5.41, 5.74) is 2.58. The molecule has 0 aliphatic rings. The maximum atomic E-state index is 12.9. The van der Waals surface area contributed by atoms with Gasteiger partial charge in [0.15, 0.2) is 11.5 Å². The number of H-pyrrole nitrogens is 1. The van der Waals surface area contributed by atoms with Crippen LogP contribution in [-0.4, -0.2) is 35.9 Å². The molecule has 0 spiro atoms. The average Bonchev–Trinajstić information content (AvgIpc) is 3.28. The molecular weight excluding hydrogens is 378 g/mol. The van der Waals surface area contributed by atoms with E-state index >= 15 is 0 Å². The van der Waals surface area contributed by atoms with Crippen molar-refractivity contribution in [2.75, 3.05) is 5.32 Å². The number of halogens is 1. The fourth-order valence-electron chi connectivity index (χ4n) is 2.97. The van der Waals surface area contributed by atoms with Gasteiger partial charge in [0.25, 0.3) is 5.91 Å². The molecule has 9 heteroatoms. The number of rotatable bonds is 4. The van der Waals surface area contributed by atoms with E-state index in [9.17, 15) is 4.79 Å². The van der Waals surface area contributed by atoms with Crippen molar-refractivity contribution in [3.05, 3.63) is 52.8 Å². The van der Waals surface area contributed by atoms with Gasteiger partial charge in [0.05, 0.1) is 22.2 Å². The molecule has 0 atom stereocenters. The van der Waals surface area contributed by atoms with Crippen LogP contribution in [0.2, 0.25) is 5.02 Å². The largest absolute Gasteiger partial charge is 0.289 e.